The van der Waals surface area contributed by atoms with Crippen LogP contribution in [-0.4, -0.2) is 14.5 Å². The molecule has 0 aromatic carbocycles. The number of imidazole rings is 1. The number of anilines is 1. The maximum absolute atomic E-state index is 6.09. The summed E-state index contributed by atoms with van der Waals surface area (Å²) in [6.07, 6.45) is 4.58. The van der Waals surface area contributed by atoms with Gasteiger partial charge in [0.25, 0.3) is 0 Å². The molecule has 0 saturated carbocycles. The third-order valence-corrected chi connectivity index (χ3v) is 2.58. The summed E-state index contributed by atoms with van der Waals surface area (Å²) < 4.78 is 2.04. The summed E-state index contributed by atoms with van der Waals surface area (Å²) in [6, 6.07) is 3.87. The highest BCUT2D eigenvalue weighted by Gasteiger charge is 2.12. The Bertz CT molecular complexity index is 473. The molecule has 4 nitrogen and oxygen atoms in total. The molecule has 84 valence electrons. The number of rotatable bonds is 3. The molecular formula is C12H16N4. The fourth-order valence-corrected chi connectivity index (χ4v) is 1.80. The predicted octanol–water partition coefficient (Wildman–Crippen LogP) is 2.25. The average molecular weight is 216 g/mol. The summed E-state index contributed by atoms with van der Waals surface area (Å²) in [4.78, 5) is 8.58. The topological polar surface area (TPSA) is 56.7 Å². The van der Waals surface area contributed by atoms with Crippen LogP contribution in [0.3, 0.4) is 0 Å². The maximum atomic E-state index is 6.09. The molecule has 2 heterocycles. The van der Waals surface area contributed by atoms with Gasteiger partial charge in [0.05, 0.1) is 0 Å². The molecule has 2 rings (SSSR count). The van der Waals surface area contributed by atoms with E-state index >= 15 is 0 Å². The van der Waals surface area contributed by atoms with Gasteiger partial charge < -0.3 is 10.3 Å². The third kappa shape index (κ3) is 1.78. The largest absolute Gasteiger partial charge is 0.383 e. The number of nitrogens with zero attached hydrogens (tertiary/aromatic N) is 3. The third-order valence-electron chi connectivity index (χ3n) is 2.58. The maximum Gasteiger partial charge on any atom is 0.131 e. The molecule has 0 atom stereocenters. The lowest BCUT2D eigenvalue weighted by Crippen LogP contribution is -2.04. The van der Waals surface area contributed by atoms with E-state index in [1.165, 1.54) is 0 Å². The minimum absolute atomic E-state index is 0.729. The van der Waals surface area contributed by atoms with Gasteiger partial charge in [0, 0.05) is 24.5 Å². The molecule has 16 heavy (non-hydrogen) atoms. The van der Waals surface area contributed by atoms with Gasteiger partial charge >= 0.3 is 0 Å². The van der Waals surface area contributed by atoms with Crippen LogP contribution in [0.2, 0.25) is 0 Å². The van der Waals surface area contributed by atoms with Crippen LogP contribution in [-0.2, 0) is 6.54 Å². The van der Waals surface area contributed by atoms with Crippen LogP contribution in [0.4, 0.5) is 5.82 Å². The molecule has 2 aromatic rings. The van der Waals surface area contributed by atoms with Crippen molar-refractivity contribution in [2.24, 2.45) is 0 Å². The average Bonchev–Trinajstić information content (AvgIpc) is 2.59. The van der Waals surface area contributed by atoms with Crippen LogP contribution in [0, 0.1) is 6.92 Å². The Morgan fingerprint density at radius 2 is 2.25 bits per heavy atom. The van der Waals surface area contributed by atoms with E-state index < -0.39 is 0 Å². The van der Waals surface area contributed by atoms with Crippen LogP contribution in [0.15, 0.2) is 24.5 Å². The normalized spacial score (nSPS) is 10.6. The van der Waals surface area contributed by atoms with Crippen molar-refractivity contribution in [2.45, 2.75) is 26.8 Å². The van der Waals surface area contributed by atoms with Crippen molar-refractivity contribution < 1.29 is 0 Å². The van der Waals surface area contributed by atoms with E-state index in [2.05, 4.69) is 16.9 Å². The Morgan fingerprint density at radius 3 is 2.88 bits per heavy atom. The molecular weight excluding hydrogens is 200 g/mol. The highest BCUT2D eigenvalue weighted by atomic mass is 15.1. The van der Waals surface area contributed by atoms with E-state index in [0.717, 1.165) is 35.9 Å². The summed E-state index contributed by atoms with van der Waals surface area (Å²) in [5.74, 6) is 1.69. The lowest BCUT2D eigenvalue weighted by Gasteiger charge is -2.05. The molecule has 0 fully saturated rings. The number of aromatic nitrogens is 3. The molecule has 0 radical (unpaired) electrons. The molecule has 0 unspecified atom stereocenters. The van der Waals surface area contributed by atoms with Crippen molar-refractivity contribution in [1.82, 2.24) is 14.5 Å². The van der Waals surface area contributed by atoms with Gasteiger partial charge in [0.1, 0.15) is 17.3 Å². The second-order valence-corrected chi connectivity index (χ2v) is 3.79. The van der Waals surface area contributed by atoms with E-state index in [-0.39, 0.29) is 0 Å². The van der Waals surface area contributed by atoms with Gasteiger partial charge in [-0.3, -0.25) is 4.98 Å². The monoisotopic (exact) mass is 216 g/mol. The number of pyridine rings is 1. The molecule has 2 N–H and O–H groups in total. The molecule has 0 bridgehead atoms. The zero-order valence-corrected chi connectivity index (χ0v) is 9.64. The highest BCUT2D eigenvalue weighted by molar-refractivity contribution is 5.70. The summed E-state index contributed by atoms with van der Waals surface area (Å²) >= 11 is 0. The fraction of sp³-hybridized carbons (Fsp3) is 0.333. The molecule has 0 aliphatic carbocycles. The van der Waals surface area contributed by atoms with Gasteiger partial charge in [-0.15, -0.1) is 0 Å². The van der Waals surface area contributed by atoms with Crippen molar-refractivity contribution >= 4 is 5.82 Å². The molecule has 0 aliphatic heterocycles. The lowest BCUT2D eigenvalue weighted by atomic mass is 10.2. The van der Waals surface area contributed by atoms with Crippen molar-refractivity contribution in [3.63, 3.8) is 0 Å². The van der Waals surface area contributed by atoms with Gasteiger partial charge in [-0.25, -0.2) is 4.98 Å². The van der Waals surface area contributed by atoms with Crippen molar-refractivity contribution in [1.29, 1.82) is 0 Å². The van der Waals surface area contributed by atoms with Gasteiger partial charge in [-0.05, 0) is 25.5 Å². The number of nitrogen functional groups attached to an aromatic ring is 1. The molecule has 2 aromatic heterocycles. The van der Waals surface area contributed by atoms with Gasteiger partial charge in [-0.1, -0.05) is 6.92 Å². The fourth-order valence-electron chi connectivity index (χ4n) is 1.80. The van der Waals surface area contributed by atoms with Crippen LogP contribution < -0.4 is 5.73 Å². The summed E-state index contributed by atoms with van der Waals surface area (Å²) in [5, 5.41) is 0. The Labute approximate surface area is 95.1 Å². The van der Waals surface area contributed by atoms with E-state index in [9.17, 15) is 0 Å². The van der Waals surface area contributed by atoms with Crippen LogP contribution in [0.5, 0.6) is 0 Å². The first-order valence-corrected chi connectivity index (χ1v) is 5.47. The Hall–Kier alpha value is -1.84. The number of nitrogens with two attached hydrogens (primary N) is 1. The van der Waals surface area contributed by atoms with Gasteiger partial charge in [-0.2, -0.15) is 0 Å². The smallest absolute Gasteiger partial charge is 0.131 e. The van der Waals surface area contributed by atoms with Crippen molar-refractivity contribution in [2.75, 3.05) is 5.73 Å². The lowest BCUT2D eigenvalue weighted by molar-refractivity contribution is 0.665. The van der Waals surface area contributed by atoms with E-state index in [1.54, 1.807) is 12.4 Å². The Balaban J connectivity index is 2.47. The zero-order chi connectivity index (χ0) is 11.5. The van der Waals surface area contributed by atoms with E-state index in [4.69, 9.17) is 5.73 Å². The highest BCUT2D eigenvalue weighted by Crippen LogP contribution is 2.25. The van der Waals surface area contributed by atoms with E-state index in [1.807, 2.05) is 23.6 Å². The summed E-state index contributed by atoms with van der Waals surface area (Å²) in [5.41, 5.74) is 7.90. The molecule has 0 spiro atoms. The van der Waals surface area contributed by atoms with Crippen LogP contribution in [0.25, 0.3) is 11.3 Å². The SMILES string of the molecule is CCCn1c(C)nc(-c2cccnc2)c1N. The van der Waals surface area contributed by atoms with Gasteiger partial charge in [0.2, 0.25) is 0 Å². The van der Waals surface area contributed by atoms with Crippen molar-refractivity contribution in [3.8, 4) is 11.3 Å². The van der Waals surface area contributed by atoms with Crippen molar-refractivity contribution in [3.05, 3.63) is 30.4 Å². The number of hydrogen-bond acceptors (Lipinski definition) is 3. The second-order valence-electron chi connectivity index (χ2n) is 3.79. The predicted molar refractivity (Wildman–Crippen MR) is 64.9 cm³/mol. The minimum atomic E-state index is 0.729. The van der Waals surface area contributed by atoms with Gasteiger partial charge in [0.15, 0.2) is 0 Å². The molecule has 0 saturated heterocycles. The number of aryl methyl sites for hydroxylation is 1. The first-order valence-electron chi connectivity index (χ1n) is 5.47. The number of hydrogen-bond donors (Lipinski definition) is 1. The first kappa shape index (κ1) is 10.7. The second kappa shape index (κ2) is 4.35. The standard InChI is InChI=1S/C12H16N4/c1-3-7-16-9(2)15-11(12(16)13)10-5-4-6-14-8-10/h4-6,8H,3,7,13H2,1-2H3. The first-order chi connectivity index (χ1) is 7.74. The zero-order valence-electron chi connectivity index (χ0n) is 9.64. The Morgan fingerprint density at radius 1 is 1.44 bits per heavy atom. The molecule has 4 heteroatoms. The quantitative estimate of drug-likeness (QED) is 0.856. The summed E-state index contributed by atoms with van der Waals surface area (Å²) in [7, 11) is 0. The minimum Gasteiger partial charge on any atom is -0.383 e. The van der Waals surface area contributed by atoms with Crippen LogP contribution in [0.1, 0.15) is 19.2 Å². The molecule has 0 amide bonds. The Kier molecular flexibility index (Phi) is 2.90. The van der Waals surface area contributed by atoms with E-state index in [0.29, 0.717) is 0 Å². The molecule has 0 aliphatic rings. The summed E-state index contributed by atoms with van der Waals surface area (Å²) in [6.45, 7) is 5.01. The van der Waals surface area contributed by atoms with Crippen LogP contribution >= 0.6 is 0 Å².